The molecule has 1 aromatic carbocycles. The molecule has 2 aliphatic heterocycles. The van der Waals surface area contributed by atoms with Gasteiger partial charge in [0.2, 0.25) is 0 Å². The maximum absolute atomic E-state index is 11.9. The van der Waals surface area contributed by atoms with E-state index in [1.165, 1.54) is 0 Å². The van der Waals surface area contributed by atoms with Gasteiger partial charge >= 0.3 is 6.03 Å². The maximum atomic E-state index is 11.9. The number of anilines is 1. The molecule has 0 saturated carbocycles. The number of ether oxygens (including phenoxy) is 3. The van der Waals surface area contributed by atoms with E-state index in [-0.39, 0.29) is 6.03 Å². The molecule has 2 amide bonds. The van der Waals surface area contributed by atoms with Crippen molar-refractivity contribution in [1.29, 1.82) is 0 Å². The van der Waals surface area contributed by atoms with Gasteiger partial charge in [-0.15, -0.1) is 0 Å². The summed E-state index contributed by atoms with van der Waals surface area (Å²) in [4.78, 5) is 14.3. The van der Waals surface area contributed by atoms with Crippen LogP contribution in [-0.2, 0) is 4.74 Å². The molecule has 1 fully saturated rings. The minimum absolute atomic E-state index is 0.205. The molecule has 0 atom stereocenters. The monoisotopic (exact) mass is 321 g/mol. The summed E-state index contributed by atoms with van der Waals surface area (Å²) in [7, 11) is 0. The predicted molar refractivity (Wildman–Crippen MR) is 86.3 cm³/mol. The van der Waals surface area contributed by atoms with Crippen molar-refractivity contribution in [2.75, 3.05) is 57.9 Å². The van der Waals surface area contributed by atoms with Gasteiger partial charge in [-0.2, -0.15) is 0 Å². The van der Waals surface area contributed by atoms with E-state index in [1.807, 2.05) is 6.07 Å². The second-order valence-corrected chi connectivity index (χ2v) is 5.55. The van der Waals surface area contributed by atoms with Gasteiger partial charge in [0.1, 0.15) is 13.2 Å². The molecule has 0 bridgehead atoms. The molecule has 1 aromatic rings. The van der Waals surface area contributed by atoms with Gasteiger partial charge in [-0.3, -0.25) is 4.90 Å². The van der Waals surface area contributed by atoms with Crippen molar-refractivity contribution in [3.05, 3.63) is 18.2 Å². The van der Waals surface area contributed by atoms with E-state index in [0.29, 0.717) is 36.9 Å². The van der Waals surface area contributed by atoms with Crippen molar-refractivity contribution in [2.45, 2.75) is 6.42 Å². The topological polar surface area (TPSA) is 72.1 Å². The van der Waals surface area contributed by atoms with Crippen LogP contribution in [0.15, 0.2) is 18.2 Å². The van der Waals surface area contributed by atoms with Crippen molar-refractivity contribution in [2.24, 2.45) is 0 Å². The minimum atomic E-state index is -0.205. The Balaban J connectivity index is 1.37. The summed E-state index contributed by atoms with van der Waals surface area (Å²) in [6, 6.07) is 5.19. The Kier molecular flexibility index (Phi) is 5.55. The van der Waals surface area contributed by atoms with E-state index in [4.69, 9.17) is 14.2 Å². The molecular formula is C16H23N3O4. The highest BCUT2D eigenvalue weighted by Crippen LogP contribution is 2.32. The van der Waals surface area contributed by atoms with E-state index in [9.17, 15) is 4.79 Å². The molecule has 3 rings (SSSR count). The Bertz CT molecular complexity index is 532. The highest BCUT2D eigenvalue weighted by atomic mass is 16.6. The Hall–Kier alpha value is -1.99. The van der Waals surface area contributed by atoms with Crippen LogP contribution in [0.5, 0.6) is 11.5 Å². The third-order valence-electron chi connectivity index (χ3n) is 3.84. The minimum Gasteiger partial charge on any atom is -0.486 e. The number of carbonyl (C=O) groups excluding carboxylic acids is 1. The van der Waals surface area contributed by atoms with E-state index < -0.39 is 0 Å². The SMILES string of the molecule is O=C(NCCCN1CCOCC1)Nc1ccc2c(c1)OCCO2. The fourth-order valence-electron chi connectivity index (χ4n) is 2.63. The summed E-state index contributed by atoms with van der Waals surface area (Å²) in [5, 5.41) is 5.68. The third-order valence-corrected chi connectivity index (χ3v) is 3.84. The Morgan fingerprint density at radius 3 is 2.70 bits per heavy atom. The Labute approximate surface area is 135 Å². The lowest BCUT2D eigenvalue weighted by Gasteiger charge is -2.26. The third kappa shape index (κ3) is 4.74. The summed E-state index contributed by atoms with van der Waals surface area (Å²) >= 11 is 0. The first-order valence-electron chi connectivity index (χ1n) is 8.06. The molecular weight excluding hydrogens is 298 g/mol. The maximum Gasteiger partial charge on any atom is 0.319 e. The van der Waals surface area contributed by atoms with Crippen LogP contribution in [0.2, 0.25) is 0 Å². The van der Waals surface area contributed by atoms with E-state index in [0.717, 1.165) is 39.3 Å². The van der Waals surface area contributed by atoms with Crippen molar-refractivity contribution >= 4 is 11.7 Å². The van der Waals surface area contributed by atoms with Crippen molar-refractivity contribution in [1.82, 2.24) is 10.2 Å². The van der Waals surface area contributed by atoms with Gasteiger partial charge in [-0.25, -0.2) is 4.79 Å². The second-order valence-electron chi connectivity index (χ2n) is 5.55. The molecule has 1 saturated heterocycles. The largest absolute Gasteiger partial charge is 0.486 e. The first-order valence-corrected chi connectivity index (χ1v) is 8.06. The number of rotatable bonds is 5. The number of amides is 2. The normalized spacial score (nSPS) is 17.6. The first-order chi connectivity index (χ1) is 11.3. The molecule has 0 unspecified atom stereocenters. The smallest absolute Gasteiger partial charge is 0.319 e. The molecule has 7 nitrogen and oxygen atoms in total. The molecule has 126 valence electrons. The summed E-state index contributed by atoms with van der Waals surface area (Å²) < 4.78 is 16.3. The summed E-state index contributed by atoms with van der Waals surface area (Å²) in [5.41, 5.74) is 0.694. The fourth-order valence-corrected chi connectivity index (χ4v) is 2.63. The average molecular weight is 321 g/mol. The van der Waals surface area contributed by atoms with Gasteiger partial charge in [-0.05, 0) is 25.1 Å². The number of benzene rings is 1. The summed E-state index contributed by atoms with van der Waals surface area (Å²) in [6.45, 7) is 6.28. The predicted octanol–water partition coefficient (Wildman–Crippen LogP) is 1.30. The van der Waals surface area contributed by atoms with Crippen LogP contribution in [0, 0.1) is 0 Å². The highest BCUT2D eigenvalue weighted by molar-refractivity contribution is 5.89. The Morgan fingerprint density at radius 1 is 1.09 bits per heavy atom. The number of nitrogens with zero attached hydrogens (tertiary/aromatic N) is 1. The number of hydrogen-bond donors (Lipinski definition) is 2. The number of nitrogens with one attached hydrogen (secondary N) is 2. The quantitative estimate of drug-likeness (QED) is 0.800. The van der Waals surface area contributed by atoms with Gasteiger partial charge in [0.15, 0.2) is 11.5 Å². The number of carbonyl (C=O) groups is 1. The number of urea groups is 1. The molecule has 0 radical (unpaired) electrons. The fraction of sp³-hybridized carbons (Fsp3) is 0.562. The van der Waals surface area contributed by atoms with E-state index in [2.05, 4.69) is 15.5 Å². The van der Waals surface area contributed by atoms with Gasteiger partial charge < -0.3 is 24.8 Å². The number of morpholine rings is 1. The summed E-state index contributed by atoms with van der Waals surface area (Å²) in [6.07, 6.45) is 0.925. The van der Waals surface area contributed by atoms with Gasteiger partial charge in [-0.1, -0.05) is 0 Å². The lowest BCUT2D eigenvalue weighted by Crippen LogP contribution is -2.38. The van der Waals surface area contributed by atoms with E-state index in [1.54, 1.807) is 12.1 Å². The van der Waals surface area contributed by atoms with Crippen LogP contribution < -0.4 is 20.1 Å². The molecule has 23 heavy (non-hydrogen) atoms. The zero-order valence-electron chi connectivity index (χ0n) is 13.2. The average Bonchev–Trinajstić information content (AvgIpc) is 2.59. The van der Waals surface area contributed by atoms with Crippen LogP contribution in [0.1, 0.15) is 6.42 Å². The van der Waals surface area contributed by atoms with Gasteiger partial charge in [0, 0.05) is 31.4 Å². The van der Waals surface area contributed by atoms with E-state index >= 15 is 0 Å². The second kappa shape index (κ2) is 8.03. The number of fused-ring (bicyclic) bond motifs is 1. The molecule has 2 aliphatic rings. The molecule has 7 heteroatoms. The van der Waals surface area contributed by atoms with Crippen LogP contribution in [-0.4, -0.2) is 63.5 Å². The zero-order valence-corrected chi connectivity index (χ0v) is 13.2. The van der Waals surface area contributed by atoms with Crippen LogP contribution in [0.4, 0.5) is 10.5 Å². The van der Waals surface area contributed by atoms with Crippen LogP contribution in [0.3, 0.4) is 0 Å². The van der Waals surface area contributed by atoms with Gasteiger partial charge in [0.05, 0.1) is 13.2 Å². The van der Waals surface area contributed by atoms with Gasteiger partial charge in [0.25, 0.3) is 0 Å². The zero-order chi connectivity index (χ0) is 15.9. The molecule has 2 heterocycles. The summed E-state index contributed by atoms with van der Waals surface area (Å²) in [5.74, 6) is 1.38. The van der Waals surface area contributed by atoms with Crippen LogP contribution >= 0.6 is 0 Å². The highest BCUT2D eigenvalue weighted by Gasteiger charge is 2.13. The molecule has 0 aromatic heterocycles. The standard InChI is InChI=1S/C16H23N3O4/c20-16(17-4-1-5-19-6-8-21-9-7-19)18-13-2-3-14-15(12-13)23-11-10-22-14/h2-3,12H,1,4-11H2,(H2,17,18,20). The Morgan fingerprint density at radius 2 is 1.87 bits per heavy atom. The molecule has 2 N–H and O–H groups in total. The van der Waals surface area contributed by atoms with Crippen molar-refractivity contribution < 1.29 is 19.0 Å². The first kappa shape index (κ1) is 15.9. The van der Waals surface area contributed by atoms with Crippen LogP contribution in [0.25, 0.3) is 0 Å². The lowest BCUT2D eigenvalue weighted by molar-refractivity contribution is 0.0375. The molecule has 0 spiro atoms. The van der Waals surface area contributed by atoms with Crippen molar-refractivity contribution in [3.8, 4) is 11.5 Å². The lowest BCUT2D eigenvalue weighted by atomic mass is 10.2. The number of hydrogen-bond acceptors (Lipinski definition) is 5. The molecule has 0 aliphatic carbocycles. The van der Waals surface area contributed by atoms with Crippen molar-refractivity contribution in [3.63, 3.8) is 0 Å².